The number of rotatable bonds is 5. The van der Waals surface area contributed by atoms with Crippen LogP contribution in [-0.4, -0.2) is 53.5 Å². The molecular formula is C15H24ClN3S. The lowest BCUT2D eigenvalue weighted by molar-refractivity contribution is 0.0986. The van der Waals surface area contributed by atoms with Crippen molar-refractivity contribution in [2.24, 2.45) is 0 Å². The lowest BCUT2D eigenvalue weighted by Crippen LogP contribution is -2.50. The lowest BCUT2D eigenvalue weighted by atomic mass is 10.2. The summed E-state index contributed by atoms with van der Waals surface area (Å²) in [6, 6.07) is 0.891. The zero-order valence-electron chi connectivity index (χ0n) is 12.1. The summed E-state index contributed by atoms with van der Waals surface area (Å²) >= 11 is 7.55. The van der Waals surface area contributed by atoms with Crippen molar-refractivity contribution in [3.05, 3.63) is 16.1 Å². The summed E-state index contributed by atoms with van der Waals surface area (Å²) in [6.45, 7) is 6.12. The molecule has 1 saturated heterocycles. The van der Waals surface area contributed by atoms with Gasteiger partial charge in [0, 0.05) is 50.6 Å². The zero-order chi connectivity index (χ0) is 13.8. The molecule has 1 aromatic heterocycles. The van der Waals surface area contributed by atoms with Crippen LogP contribution in [0.25, 0.3) is 0 Å². The minimum Gasteiger partial charge on any atom is -0.300 e. The molecule has 1 saturated carbocycles. The molecule has 0 amide bonds. The van der Waals surface area contributed by atoms with E-state index in [1.54, 1.807) is 11.3 Å². The summed E-state index contributed by atoms with van der Waals surface area (Å²) in [7, 11) is 0. The normalized spacial score (nSPS) is 22.6. The maximum Gasteiger partial charge on any atom is 0.0941 e. The predicted octanol–water partition coefficient (Wildman–Crippen LogP) is 2.98. The van der Waals surface area contributed by atoms with Crippen molar-refractivity contribution in [1.82, 2.24) is 14.8 Å². The molecule has 112 valence electrons. The molecule has 0 N–H and O–H groups in total. The van der Waals surface area contributed by atoms with E-state index in [4.69, 9.17) is 11.6 Å². The third-order valence-corrected chi connectivity index (χ3v) is 5.86. The number of halogens is 1. The van der Waals surface area contributed by atoms with E-state index in [0.29, 0.717) is 5.88 Å². The highest BCUT2D eigenvalue weighted by atomic mass is 35.5. The Morgan fingerprint density at radius 3 is 2.60 bits per heavy atom. The second kappa shape index (κ2) is 7.21. The molecule has 2 aliphatic rings. The van der Waals surface area contributed by atoms with Crippen molar-refractivity contribution in [2.45, 2.75) is 44.0 Å². The molecule has 0 spiro atoms. The first-order valence-corrected chi connectivity index (χ1v) is 9.22. The van der Waals surface area contributed by atoms with Crippen LogP contribution in [0.4, 0.5) is 0 Å². The van der Waals surface area contributed by atoms with Crippen LogP contribution in [0.3, 0.4) is 0 Å². The number of hydrogen-bond donors (Lipinski definition) is 0. The van der Waals surface area contributed by atoms with Gasteiger partial charge in [0.05, 0.1) is 16.6 Å². The molecular weight excluding hydrogens is 290 g/mol. The maximum absolute atomic E-state index is 5.80. The van der Waals surface area contributed by atoms with E-state index in [0.717, 1.165) is 24.7 Å². The van der Waals surface area contributed by atoms with Crippen LogP contribution in [0.15, 0.2) is 5.38 Å². The molecule has 0 radical (unpaired) electrons. The SMILES string of the molecule is ClCc1csc(CCN2CCN(C3CCCC3)CC2)n1. The summed E-state index contributed by atoms with van der Waals surface area (Å²) in [5.74, 6) is 0.538. The summed E-state index contributed by atoms with van der Waals surface area (Å²) in [5, 5.41) is 3.32. The smallest absolute Gasteiger partial charge is 0.0941 e. The molecule has 5 heteroatoms. The van der Waals surface area contributed by atoms with Gasteiger partial charge in [-0.3, -0.25) is 4.90 Å². The van der Waals surface area contributed by atoms with Crippen molar-refractivity contribution in [2.75, 3.05) is 32.7 Å². The summed E-state index contributed by atoms with van der Waals surface area (Å²) in [4.78, 5) is 9.85. The molecule has 2 heterocycles. The van der Waals surface area contributed by atoms with Gasteiger partial charge in [-0.2, -0.15) is 0 Å². The maximum atomic E-state index is 5.80. The van der Waals surface area contributed by atoms with Gasteiger partial charge in [0.15, 0.2) is 0 Å². The van der Waals surface area contributed by atoms with Crippen LogP contribution < -0.4 is 0 Å². The quantitative estimate of drug-likeness (QED) is 0.779. The average Bonchev–Trinajstić information content (AvgIpc) is 3.17. The molecule has 0 atom stereocenters. The highest BCUT2D eigenvalue weighted by Crippen LogP contribution is 2.24. The number of nitrogens with zero attached hydrogens (tertiary/aromatic N) is 3. The third-order valence-electron chi connectivity index (χ3n) is 4.63. The van der Waals surface area contributed by atoms with Gasteiger partial charge in [-0.15, -0.1) is 22.9 Å². The highest BCUT2D eigenvalue weighted by molar-refractivity contribution is 7.09. The van der Waals surface area contributed by atoms with E-state index in [9.17, 15) is 0 Å². The molecule has 0 aromatic carbocycles. The Labute approximate surface area is 130 Å². The zero-order valence-corrected chi connectivity index (χ0v) is 13.6. The first kappa shape index (κ1) is 14.8. The first-order chi connectivity index (χ1) is 9.85. The molecule has 1 aliphatic carbocycles. The fraction of sp³-hybridized carbons (Fsp3) is 0.800. The molecule has 0 bridgehead atoms. The van der Waals surface area contributed by atoms with E-state index in [1.165, 1.54) is 56.9 Å². The minimum absolute atomic E-state index is 0.538. The van der Waals surface area contributed by atoms with E-state index < -0.39 is 0 Å². The highest BCUT2D eigenvalue weighted by Gasteiger charge is 2.25. The number of hydrogen-bond acceptors (Lipinski definition) is 4. The number of aromatic nitrogens is 1. The van der Waals surface area contributed by atoms with Crippen LogP contribution >= 0.6 is 22.9 Å². The standard InChI is InChI=1S/C15H24ClN3S/c16-11-13-12-20-15(17-13)5-6-18-7-9-19(10-8-18)14-3-1-2-4-14/h12,14H,1-11H2. The van der Waals surface area contributed by atoms with Gasteiger partial charge in [0.25, 0.3) is 0 Å². The second-order valence-corrected chi connectivity index (χ2v) is 7.14. The average molecular weight is 314 g/mol. The molecule has 2 fully saturated rings. The van der Waals surface area contributed by atoms with Crippen LogP contribution in [-0.2, 0) is 12.3 Å². The first-order valence-electron chi connectivity index (χ1n) is 7.81. The van der Waals surface area contributed by atoms with Gasteiger partial charge >= 0.3 is 0 Å². The lowest BCUT2D eigenvalue weighted by Gasteiger charge is -2.38. The Kier molecular flexibility index (Phi) is 5.32. The molecule has 1 aliphatic heterocycles. The molecule has 1 aromatic rings. The number of alkyl halides is 1. The molecule has 20 heavy (non-hydrogen) atoms. The van der Waals surface area contributed by atoms with Gasteiger partial charge in [-0.25, -0.2) is 4.98 Å². The van der Waals surface area contributed by atoms with E-state index in [1.807, 2.05) is 0 Å². The Hall–Kier alpha value is -0.160. The van der Waals surface area contributed by atoms with Crippen LogP contribution in [0.2, 0.25) is 0 Å². The molecule has 3 rings (SSSR count). The monoisotopic (exact) mass is 313 g/mol. The van der Waals surface area contributed by atoms with Gasteiger partial charge in [0.2, 0.25) is 0 Å². The minimum atomic E-state index is 0.538. The van der Waals surface area contributed by atoms with Crippen molar-refractivity contribution < 1.29 is 0 Å². The van der Waals surface area contributed by atoms with Crippen LogP contribution in [0.1, 0.15) is 36.4 Å². The molecule has 3 nitrogen and oxygen atoms in total. The Balaban J connectivity index is 1.39. The van der Waals surface area contributed by atoms with Gasteiger partial charge in [0.1, 0.15) is 0 Å². The Bertz CT molecular complexity index is 409. The predicted molar refractivity (Wildman–Crippen MR) is 85.6 cm³/mol. The van der Waals surface area contributed by atoms with Crippen LogP contribution in [0.5, 0.6) is 0 Å². The van der Waals surface area contributed by atoms with Gasteiger partial charge in [-0.05, 0) is 12.8 Å². The third kappa shape index (κ3) is 3.73. The fourth-order valence-electron chi connectivity index (χ4n) is 3.40. The fourth-order valence-corrected chi connectivity index (χ4v) is 4.42. The van der Waals surface area contributed by atoms with Crippen molar-refractivity contribution >= 4 is 22.9 Å². The van der Waals surface area contributed by atoms with Crippen molar-refractivity contribution in [1.29, 1.82) is 0 Å². The summed E-state index contributed by atoms with van der Waals surface area (Å²) < 4.78 is 0. The Morgan fingerprint density at radius 2 is 1.95 bits per heavy atom. The summed E-state index contributed by atoms with van der Waals surface area (Å²) in [5.41, 5.74) is 1.03. The summed E-state index contributed by atoms with van der Waals surface area (Å²) in [6.07, 6.45) is 6.82. The van der Waals surface area contributed by atoms with E-state index in [2.05, 4.69) is 20.2 Å². The van der Waals surface area contributed by atoms with Gasteiger partial charge in [-0.1, -0.05) is 12.8 Å². The Morgan fingerprint density at radius 1 is 1.20 bits per heavy atom. The van der Waals surface area contributed by atoms with Crippen molar-refractivity contribution in [3.8, 4) is 0 Å². The second-order valence-electron chi connectivity index (χ2n) is 5.93. The number of piperazine rings is 1. The largest absolute Gasteiger partial charge is 0.300 e. The van der Waals surface area contributed by atoms with E-state index in [-0.39, 0.29) is 0 Å². The topological polar surface area (TPSA) is 19.4 Å². The number of thiazole rings is 1. The van der Waals surface area contributed by atoms with Gasteiger partial charge < -0.3 is 4.90 Å². The van der Waals surface area contributed by atoms with Crippen LogP contribution in [0, 0.1) is 0 Å². The van der Waals surface area contributed by atoms with Crippen molar-refractivity contribution in [3.63, 3.8) is 0 Å². The van der Waals surface area contributed by atoms with E-state index >= 15 is 0 Å². The molecule has 0 unspecified atom stereocenters.